The van der Waals surface area contributed by atoms with Crippen LogP contribution in [0.15, 0.2) is 47.6 Å². The number of halogens is 7. The van der Waals surface area contributed by atoms with Gasteiger partial charge in [-0.05, 0) is 42.8 Å². The monoisotopic (exact) mass is 563 g/mol. The fraction of sp³-hybridized carbons (Fsp3) is 0.360. The molecule has 0 aliphatic carbocycles. The summed E-state index contributed by atoms with van der Waals surface area (Å²) < 4.78 is 111. The van der Waals surface area contributed by atoms with Crippen molar-refractivity contribution in [2.75, 3.05) is 38.3 Å². The highest BCUT2D eigenvalue weighted by molar-refractivity contribution is 6.11. The van der Waals surface area contributed by atoms with E-state index in [9.17, 15) is 35.5 Å². The van der Waals surface area contributed by atoms with Crippen LogP contribution in [0.4, 0.5) is 41.2 Å². The molecule has 1 heterocycles. The minimum atomic E-state index is -5.35. The average Bonchev–Trinajstić information content (AvgIpc) is 3.39. The van der Waals surface area contributed by atoms with Gasteiger partial charge >= 0.3 is 18.4 Å². The predicted octanol–water partition coefficient (Wildman–Crippen LogP) is 5.67. The molecule has 3 rings (SSSR count). The molecular weight excluding hydrogens is 539 g/mol. The van der Waals surface area contributed by atoms with Crippen molar-refractivity contribution in [1.29, 1.82) is 0 Å². The molecule has 0 radical (unpaired) electrons. The summed E-state index contributed by atoms with van der Waals surface area (Å²) >= 11 is 0. The van der Waals surface area contributed by atoms with Gasteiger partial charge in [0, 0.05) is 42.9 Å². The van der Waals surface area contributed by atoms with Gasteiger partial charge in [0.2, 0.25) is 0 Å². The Morgan fingerprint density at radius 2 is 1.85 bits per heavy atom. The normalized spacial score (nSPS) is 16.6. The summed E-state index contributed by atoms with van der Waals surface area (Å²) in [5.41, 5.74) is 0.959. The summed E-state index contributed by atoms with van der Waals surface area (Å²) in [6.45, 7) is 1.08. The van der Waals surface area contributed by atoms with Crippen LogP contribution < -0.4 is 15.4 Å². The third kappa shape index (κ3) is 7.93. The maximum absolute atomic E-state index is 14.0. The smallest absolute Gasteiger partial charge is 0.409 e. The van der Waals surface area contributed by atoms with E-state index in [1.54, 1.807) is 0 Å². The standard InChI is InChI=1S/C25H24F7N3O4/c1-35(18-4-2-17(26)3-5-18)23(36)39-22-20(10-16(24(27,28)29)11-21(22)25(30,31)32)15(12-33)13-34-7-9-38-19-6-8-37-14-19/h2-5,10-13,19H,6-9,14,33H2,1H3/b15-12+,34-13?. The van der Waals surface area contributed by atoms with Gasteiger partial charge in [-0.2, -0.15) is 26.3 Å². The van der Waals surface area contributed by atoms with Crippen LogP contribution in [0.1, 0.15) is 23.1 Å². The molecule has 2 aromatic rings. The first kappa shape index (κ1) is 29.9. The molecule has 0 aromatic heterocycles. The first-order valence-corrected chi connectivity index (χ1v) is 11.5. The van der Waals surface area contributed by atoms with Gasteiger partial charge in [-0.15, -0.1) is 0 Å². The number of nitrogens with zero attached hydrogens (tertiary/aromatic N) is 2. The zero-order valence-electron chi connectivity index (χ0n) is 20.5. The molecule has 1 saturated heterocycles. The summed E-state index contributed by atoms with van der Waals surface area (Å²) in [7, 11) is 1.13. The number of hydrogen-bond acceptors (Lipinski definition) is 6. The third-order valence-corrected chi connectivity index (χ3v) is 5.58. The zero-order chi connectivity index (χ0) is 28.8. The maximum Gasteiger partial charge on any atom is 0.420 e. The van der Waals surface area contributed by atoms with E-state index >= 15 is 0 Å². The van der Waals surface area contributed by atoms with Crippen molar-refractivity contribution >= 4 is 23.6 Å². The molecule has 7 nitrogen and oxygen atoms in total. The van der Waals surface area contributed by atoms with Crippen LogP contribution in [0, 0.1) is 5.82 Å². The lowest BCUT2D eigenvalue weighted by atomic mass is 9.98. The van der Waals surface area contributed by atoms with Crippen LogP contribution >= 0.6 is 0 Å². The van der Waals surface area contributed by atoms with E-state index in [0.717, 1.165) is 48.6 Å². The van der Waals surface area contributed by atoms with Crippen LogP contribution in [-0.4, -0.2) is 51.8 Å². The van der Waals surface area contributed by atoms with Gasteiger partial charge in [-0.3, -0.25) is 9.89 Å². The molecule has 1 fully saturated rings. The number of amides is 1. The van der Waals surface area contributed by atoms with Gasteiger partial charge in [0.25, 0.3) is 0 Å². The largest absolute Gasteiger partial charge is 0.420 e. The molecule has 1 atom stereocenters. The van der Waals surface area contributed by atoms with Crippen LogP contribution in [-0.2, 0) is 21.8 Å². The summed E-state index contributed by atoms with van der Waals surface area (Å²) in [5.74, 6) is -1.85. The number of anilines is 1. The Balaban J connectivity index is 1.98. The molecule has 212 valence electrons. The zero-order valence-corrected chi connectivity index (χ0v) is 20.5. The van der Waals surface area contributed by atoms with Gasteiger partial charge in [-0.25, -0.2) is 9.18 Å². The number of benzene rings is 2. The molecule has 39 heavy (non-hydrogen) atoms. The van der Waals surface area contributed by atoms with E-state index in [1.807, 2.05) is 0 Å². The second-order valence-corrected chi connectivity index (χ2v) is 8.31. The highest BCUT2D eigenvalue weighted by Crippen LogP contribution is 2.44. The van der Waals surface area contributed by atoms with Crippen LogP contribution in [0.3, 0.4) is 0 Å². The topological polar surface area (TPSA) is 86.4 Å². The van der Waals surface area contributed by atoms with E-state index in [0.29, 0.717) is 25.7 Å². The lowest BCUT2D eigenvalue weighted by Crippen LogP contribution is -2.30. The Morgan fingerprint density at radius 3 is 2.41 bits per heavy atom. The molecule has 0 bridgehead atoms. The number of rotatable bonds is 8. The highest BCUT2D eigenvalue weighted by atomic mass is 19.4. The van der Waals surface area contributed by atoms with Crippen molar-refractivity contribution < 1.29 is 49.7 Å². The number of carbonyl (C=O) groups excluding carboxylic acids is 1. The van der Waals surface area contributed by atoms with Gasteiger partial charge in [0.1, 0.15) is 5.82 Å². The Morgan fingerprint density at radius 1 is 1.15 bits per heavy atom. The predicted molar refractivity (Wildman–Crippen MR) is 128 cm³/mol. The first-order valence-electron chi connectivity index (χ1n) is 11.5. The SMILES string of the molecule is CN(C(=O)Oc1c(/C(C=NCCOC2CCOC2)=C/N)cc(C(F)(F)F)cc1C(F)(F)F)c1ccc(F)cc1. The van der Waals surface area contributed by atoms with Crippen molar-refractivity contribution in [3.05, 3.63) is 65.1 Å². The van der Waals surface area contributed by atoms with Crippen molar-refractivity contribution in [3.8, 4) is 5.75 Å². The fourth-order valence-corrected chi connectivity index (χ4v) is 3.54. The minimum Gasteiger partial charge on any atom is -0.409 e. The van der Waals surface area contributed by atoms with E-state index in [1.165, 1.54) is 0 Å². The number of nitrogens with two attached hydrogens (primary N) is 1. The van der Waals surface area contributed by atoms with Crippen LogP contribution in [0.2, 0.25) is 0 Å². The lowest BCUT2D eigenvalue weighted by Gasteiger charge is -2.22. The first-order chi connectivity index (χ1) is 18.3. The maximum atomic E-state index is 14.0. The number of alkyl halides is 6. The molecule has 2 N–H and O–H groups in total. The van der Waals surface area contributed by atoms with Gasteiger partial charge in [0.15, 0.2) is 5.75 Å². The quantitative estimate of drug-likeness (QED) is 0.254. The summed E-state index contributed by atoms with van der Waals surface area (Å²) in [4.78, 5) is 17.5. The third-order valence-electron chi connectivity index (χ3n) is 5.58. The van der Waals surface area contributed by atoms with E-state index in [2.05, 4.69) is 4.99 Å². The average molecular weight is 563 g/mol. The van der Waals surface area contributed by atoms with Crippen molar-refractivity contribution in [1.82, 2.24) is 0 Å². The summed E-state index contributed by atoms with van der Waals surface area (Å²) in [6, 6.07) is 4.54. The number of allylic oxidation sites excluding steroid dienone is 1. The minimum absolute atomic E-state index is 0.0152. The molecule has 1 aliphatic heterocycles. The van der Waals surface area contributed by atoms with E-state index in [-0.39, 0.29) is 36.6 Å². The van der Waals surface area contributed by atoms with Crippen molar-refractivity contribution in [3.63, 3.8) is 0 Å². The molecule has 2 aromatic carbocycles. The van der Waals surface area contributed by atoms with Crippen molar-refractivity contribution in [2.24, 2.45) is 10.7 Å². The molecule has 1 unspecified atom stereocenters. The second kappa shape index (κ2) is 12.5. The Labute approximate surface area is 218 Å². The van der Waals surface area contributed by atoms with Gasteiger partial charge in [-0.1, -0.05) is 0 Å². The Hall–Kier alpha value is -3.65. The lowest BCUT2D eigenvalue weighted by molar-refractivity contribution is -0.143. The second-order valence-electron chi connectivity index (χ2n) is 8.31. The number of ether oxygens (including phenoxy) is 3. The van der Waals surface area contributed by atoms with E-state index < -0.39 is 46.7 Å². The molecule has 0 spiro atoms. The van der Waals surface area contributed by atoms with Crippen molar-refractivity contribution in [2.45, 2.75) is 24.9 Å². The molecule has 14 heteroatoms. The van der Waals surface area contributed by atoms with Crippen LogP contribution in [0.25, 0.3) is 5.57 Å². The van der Waals surface area contributed by atoms with E-state index in [4.69, 9.17) is 19.9 Å². The van der Waals surface area contributed by atoms with Gasteiger partial charge in [0.05, 0.1) is 37.0 Å². The number of carbonyl (C=O) groups is 1. The Kier molecular flexibility index (Phi) is 9.56. The summed E-state index contributed by atoms with van der Waals surface area (Å²) in [6.07, 6.45) is -9.65. The molecular formula is C25H24F7N3O4. The molecule has 1 amide bonds. The Bertz CT molecular complexity index is 1210. The van der Waals surface area contributed by atoms with Gasteiger partial charge < -0.3 is 19.9 Å². The number of aliphatic imine (C=N–C) groups is 1. The summed E-state index contributed by atoms with van der Waals surface area (Å²) in [5, 5.41) is 0. The highest BCUT2D eigenvalue weighted by Gasteiger charge is 2.41. The fourth-order valence-electron chi connectivity index (χ4n) is 3.54. The molecule has 0 saturated carbocycles. The molecule has 1 aliphatic rings. The number of hydrogen-bond donors (Lipinski definition) is 1. The van der Waals surface area contributed by atoms with Crippen LogP contribution in [0.5, 0.6) is 5.75 Å².